The van der Waals surface area contributed by atoms with Gasteiger partial charge in [0.25, 0.3) is 0 Å². The van der Waals surface area contributed by atoms with Crippen LogP contribution in [-0.4, -0.2) is 43.0 Å². The Morgan fingerprint density at radius 1 is 0.553 bits per heavy atom. The Balaban J connectivity index is 2.15. The van der Waals surface area contributed by atoms with Gasteiger partial charge in [0, 0.05) is 0 Å². The zero-order chi connectivity index (χ0) is 33.9. The van der Waals surface area contributed by atoms with Gasteiger partial charge in [-0.2, -0.15) is 12.6 Å². The minimum absolute atomic E-state index is 0.195. The normalized spacial score (nSPS) is 18.5. The van der Waals surface area contributed by atoms with E-state index >= 15 is 0 Å². The van der Waals surface area contributed by atoms with E-state index in [9.17, 15) is 0 Å². The number of nitrogens with zero attached hydrogens (tertiary/aromatic N) is 1. The van der Waals surface area contributed by atoms with Crippen LogP contribution in [0, 0.1) is 0 Å². The third-order valence-electron chi connectivity index (χ3n) is 10.6. The Morgan fingerprint density at radius 3 is 1.38 bits per heavy atom. The molecular weight excluding hydrogens is 591 g/mol. The first-order valence-electron chi connectivity index (χ1n) is 21.4. The molecule has 0 amide bonds. The summed E-state index contributed by atoms with van der Waals surface area (Å²) in [7, 11) is 4.39. The highest BCUT2D eigenvalue weighted by molar-refractivity contribution is 7.80. The van der Waals surface area contributed by atoms with Crippen LogP contribution in [0.15, 0.2) is 24.3 Å². The van der Waals surface area contributed by atoms with Crippen molar-refractivity contribution in [1.82, 2.24) is 4.90 Å². The lowest BCUT2D eigenvalue weighted by molar-refractivity contribution is -0.0579. The standard InChI is InChI=1S/C44H85NOS/c1-4-5-6-7-8-9-10-11-12-14-17-20-23-26-29-32-38-44(40-37-43(46-44)36-35-41-45(2)3)39-33-30-27-24-21-18-15-13-16-19-22-25-28-31-34-42-47/h11-13,16,43,47H,4-10,14-15,17-42H2,1-3H3/b12-11-,16-13-. The minimum atomic E-state index is 0.195. The summed E-state index contributed by atoms with van der Waals surface area (Å²) in [4.78, 5) is 2.32. The van der Waals surface area contributed by atoms with Gasteiger partial charge in [0.1, 0.15) is 0 Å². The summed E-state index contributed by atoms with van der Waals surface area (Å²) < 4.78 is 6.94. The average molecular weight is 676 g/mol. The molecular formula is C44H85NOS. The van der Waals surface area contributed by atoms with Crippen molar-refractivity contribution in [2.24, 2.45) is 0 Å². The van der Waals surface area contributed by atoms with Gasteiger partial charge < -0.3 is 9.64 Å². The Hall–Kier alpha value is -0.250. The van der Waals surface area contributed by atoms with E-state index in [-0.39, 0.29) is 5.60 Å². The molecule has 1 heterocycles. The zero-order valence-corrected chi connectivity index (χ0v) is 33.3. The predicted octanol–water partition coefficient (Wildman–Crippen LogP) is 14.6. The molecule has 0 bridgehead atoms. The van der Waals surface area contributed by atoms with Crippen molar-refractivity contribution < 1.29 is 4.74 Å². The molecule has 2 nitrogen and oxygen atoms in total. The highest BCUT2D eigenvalue weighted by Gasteiger charge is 2.38. The molecule has 1 rings (SSSR count). The lowest BCUT2D eigenvalue weighted by Crippen LogP contribution is -2.29. The highest BCUT2D eigenvalue weighted by Crippen LogP contribution is 2.40. The van der Waals surface area contributed by atoms with E-state index < -0.39 is 0 Å². The number of hydrogen-bond acceptors (Lipinski definition) is 3. The number of unbranched alkanes of at least 4 members (excludes halogenated alkanes) is 23. The smallest absolute Gasteiger partial charge is 0.0687 e. The van der Waals surface area contributed by atoms with Gasteiger partial charge in [-0.1, -0.05) is 147 Å². The van der Waals surface area contributed by atoms with Gasteiger partial charge in [0.15, 0.2) is 0 Å². The second kappa shape index (κ2) is 34.2. The molecule has 1 fully saturated rings. The molecule has 0 N–H and O–H groups in total. The average Bonchev–Trinajstić information content (AvgIpc) is 3.47. The first-order valence-corrected chi connectivity index (χ1v) is 22.0. The first kappa shape index (κ1) is 44.8. The van der Waals surface area contributed by atoms with E-state index in [0.717, 1.165) is 5.75 Å². The quantitative estimate of drug-likeness (QED) is 0.0403. The monoisotopic (exact) mass is 676 g/mol. The molecule has 0 saturated carbocycles. The van der Waals surface area contributed by atoms with Gasteiger partial charge in [-0.05, 0) is 123 Å². The Labute approximate surface area is 302 Å². The molecule has 0 aromatic heterocycles. The largest absolute Gasteiger partial charge is 0.372 e. The second-order valence-electron chi connectivity index (χ2n) is 15.5. The second-order valence-corrected chi connectivity index (χ2v) is 16.0. The third kappa shape index (κ3) is 29.2. The topological polar surface area (TPSA) is 12.5 Å². The van der Waals surface area contributed by atoms with Crippen molar-refractivity contribution in [3.8, 4) is 0 Å². The molecule has 1 aliphatic heterocycles. The molecule has 0 radical (unpaired) electrons. The summed E-state index contributed by atoms with van der Waals surface area (Å²) in [6, 6.07) is 0. The van der Waals surface area contributed by atoms with Gasteiger partial charge >= 0.3 is 0 Å². The molecule has 1 saturated heterocycles. The minimum Gasteiger partial charge on any atom is -0.372 e. The van der Waals surface area contributed by atoms with E-state index in [1.54, 1.807) is 0 Å². The van der Waals surface area contributed by atoms with E-state index in [2.05, 4.69) is 62.9 Å². The maximum Gasteiger partial charge on any atom is 0.0687 e. The van der Waals surface area contributed by atoms with Crippen molar-refractivity contribution in [3.63, 3.8) is 0 Å². The van der Waals surface area contributed by atoms with Crippen molar-refractivity contribution in [2.45, 2.75) is 231 Å². The predicted molar refractivity (Wildman–Crippen MR) is 216 cm³/mol. The lowest BCUT2D eigenvalue weighted by atomic mass is 9.87. The molecule has 3 heteroatoms. The maximum atomic E-state index is 6.94. The molecule has 2 unspecified atom stereocenters. The summed E-state index contributed by atoms with van der Waals surface area (Å²) in [5, 5.41) is 0. The SMILES string of the molecule is CCCCCCCC/C=C\CCCCCCCCC1(CCCCCCCC/C=C\CCCCCCCS)CCC(CCCN(C)C)O1. The van der Waals surface area contributed by atoms with Crippen molar-refractivity contribution >= 4 is 12.6 Å². The maximum absolute atomic E-state index is 6.94. The van der Waals surface area contributed by atoms with Crippen LogP contribution in [0.25, 0.3) is 0 Å². The van der Waals surface area contributed by atoms with Gasteiger partial charge in [0.2, 0.25) is 0 Å². The molecule has 1 aliphatic rings. The molecule has 0 aromatic carbocycles. The van der Waals surface area contributed by atoms with Crippen LogP contribution in [0.4, 0.5) is 0 Å². The fraction of sp³-hybridized carbons (Fsp3) is 0.909. The fourth-order valence-corrected chi connectivity index (χ4v) is 7.70. The van der Waals surface area contributed by atoms with Crippen molar-refractivity contribution in [1.29, 1.82) is 0 Å². The van der Waals surface area contributed by atoms with Crippen molar-refractivity contribution in [2.75, 3.05) is 26.4 Å². The molecule has 0 aromatic rings. The van der Waals surface area contributed by atoms with E-state index in [1.807, 2.05) is 0 Å². The van der Waals surface area contributed by atoms with Gasteiger partial charge in [0.05, 0.1) is 11.7 Å². The van der Waals surface area contributed by atoms with Gasteiger partial charge in [-0.15, -0.1) is 0 Å². The van der Waals surface area contributed by atoms with Crippen LogP contribution < -0.4 is 0 Å². The Morgan fingerprint density at radius 2 is 0.957 bits per heavy atom. The Kier molecular flexibility index (Phi) is 32.6. The number of ether oxygens (including phenoxy) is 1. The highest BCUT2D eigenvalue weighted by atomic mass is 32.1. The number of allylic oxidation sites excluding steroid dienone is 4. The summed E-state index contributed by atoms with van der Waals surface area (Å²) in [5.74, 6) is 1.05. The van der Waals surface area contributed by atoms with Gasteiger partial charge in [-0.3, -0.25) is 0 Å². The van der Waals surface area contributed by atoms with Crippen molar-refractivity contribution in [3.05, 3.63) is 24.3 Å². The molecule has 0 aliphatic carbocycles. The number of thiol groups is 1. The van der Waals surface area contributed by atoms with E-state index in [4.69, 9.17) is 4.74 Å². The van der Waals surface area contributed by atoms with Crippen LogP contribution in [0.3, 0.4) is 0 Å². The third-order valence-corrected chi connectivity index (χ3v) is 10.9. The summed E-state index contributed by atoms with van der Waals surface area (Å²) in [5.41, 5.74) is 0.195. The summed E-state index contributed by atoms with van der Waals surface area (Å²) in [6.07, 6.45) is 55.1. The Bertz CT molecular complexity index is 646. The lowest BCUT2D eigenvalue weighted by Gasteiger charge is -2.30. The van der Waals surface area contributed by atoms with E-state index in [1.165, 1.54) is 218 Å². The van der Waals surface area contributed by atoms with E-state index in [0.29, 0.717) is 6.10 Å². The summed E-state index contributed by atoms with van der Waals surface area (Å²) >= 11 is 4.30. The molecule has 47 heavy (non-hydrogen) atoms. The summed E-state index contributed by atoms with van der Waals surface area (Å²) in [6.45, 7) is 3.49. The van der Waals surface area contributed by atoms with Crippen LogP contribution in [0.1, 0.15) is 219 Å². The van der Waals surface area contributed by atoms with Crippen LogP contribution >= 0.6 is 12.6 Å². The number of rotatable bonds is 36. The molecule has 0 spiro atoms. The zero-order valence-electron chi connectivity index (χ0n) is 32.4. The fourth-order valence-electron chi connectivity index (χ4n) is 7.48. The number of hydrogen-bond donors (Lipinski definition) is 1. The molecule has 278 valence electrons. The van der Waals surface area contributed by atoms with Crippen LogP contribution in [0.5, 0.6) is 0 Å². The van der Waals surface area contributed by atoms with Crippen LogP contribution in [0.2, 0.25) is 0 Å². The first-order chi connectivity index (χ1) is 23.1. The van der Waals surface area contributed by atoms with Gasteiger partial charge in [-0.25, -0.2) is 0 Å². The van der Waals surface area contributed by atoms with Crippen LogP contribution in [-0.2, 0) is 4.74 Å². The molecule has 2 atom stereocenters.